The van der Waals surface area contributed by atoms with Gasteiger partial charge in [0.15, 0.2) is 0 Å². The van der Waals surface area contributed by atoms with E-state index < -0.39 is 12.2 Å². The Bertz CT molecular complexity index is 290. The maximum atomic E-state index is 9.72. The molecule has 2 unspecified atom stereocenters. The Morgan fingerprint density at radius 3 is 2.57 bits per heavy atom. The zero-order valence-electron chi connectivity index (χ0n) is 7.92. The van der Waals surface area contributed by atoms with E-state index >= 15 is 0 Å². The molecule has 0 saturated heterocycles. The molecule has 0 aromatic heterocycles. The van der Waals surface area contributed by atoms with Crippen LogP contribution in [0.3, 0.4) is 0 Å². The molecule has 1 aromatic carbocycles. The molecule has 0 saturated carbocycles. The molecule has 2 N–H and O–H groups in total. The van der Waals surface area contributed by atoms with E-state index in [0.717, 1.165) is 0 Å². The quantitative estimate of drug-likeness (QED) is 0.656. The highest BCUT2D eigenvalue weighted by Crippen LogP contribution is 2.27. The molecule has 0 bridgehead atoms. The summed E-state index contributed by atoms with van der Waals surface area (Å²) in [6.45, 7) is 0. The van der Waals surface area contributed by atoms with Crippen LogP contribution in [0.2, 0.25) is 0 Å². The molecular weight excluding hydrogens is 200 g/mol. The van der Waals surface area contributed by atoms with Crippen LogP contribution in [0.25, 0.3) is 0 Å². The van der Waals surface area contributed by atoms with Gasteiger partial charge in [-0.2, -0.15) is 12.6 Å². The summed E-state index contributed by atoms with van der Waals surface area (Å²) < 4.78 is 5.07. The molecule has 14 heavy (non-hydrogen) atoms. The van der Waals surface area contributed by atoms with Gasteiger partial charge in [-0.15, -0.1) is 0 Å². The number of aliphatic hydroxyl groups is 2. The van der Waals surface area contributed by atoms with Gasteiger partial charge in [0, 0.05) is 11.3 Å². The number of para-hydroxylation sites is 1. The second-order valence-electron chi connectivity index (χ2n) is 2.94. The topological polar surface area (TPSA) is 49.7 Å². The summed E-state index contributed by atoms with van der Waals surface area (Å²) in [4.78, 5) is 0. The molecule has 0 radical (unpaired) electrons. The van der Waals surface area contributed by atoms with Crippen LogP contribution in [0.5, 0.6) is 5.75 Å². The van der Waals surface area contributed by atoms with Crippen molar-refractivity contribution in [2.45, 2.75) is 12.2 Å². The van der Waals surface area contributed by atoms with Crippen LogP contribution in [0.1, 0.15) is 11.7 Å². The van der Waals surface area contributed by atoms with Gasteiger partial charge in [0.05, 0.1) is 13.2 Å². The number of thiol groups is 1. The predicted molar refractivity (Wildman–Crippen MR) is 57.8 cm³/mol. The summed E-state index contributed by atoms with van der Waals surface area (Å²) >= 11 is 3.92. The van der Waals surface area contributed by atoms with Crippen molar-refractivity contribution in [3.8, 4) is 5.75 Å². The highest BCUT2D eigenvalue weighted by atomic mass is 32.1. The maximum Gasteiger partial charge on any atom is 0.124 e. The van der Waals surface area contributed by atoms with Gasteiger partial charge in [-0.25, -0.2) is 0 Å². The first kappa shape index (κ1) is 11.4. The van der Waals surface area contributed by atoms with E-state index in [2.05, 4.69) is 12.6 Å². The van der Waals surface area contributed by atoms with Gasteiger partial charge < -0.3 is 14.9 Å². The number of hydrogen-bond acceptors (Lipinski definition) is 4. The molecule has 3 nitrogen and oxygen atoms in total. The predicted octanol–water partition coefficient (Wildman–Crippen LogP) is 1.02. The Hall–Kier alpha value is -0.710. The van der Waals surface area contributed by atoms with Crippen molar-refractivity contribution in [1.82, 2.24) is 0 Å². The Labute approximate surface area is 88.7 Å². The minimum Gasteiger partial charge on any atom is -0.496 e. The molecule has 0 aliphatic carbocycles. The van der Waals surface area contributed by atoms with Crippen molar-refractivity contribution in [3.05, 3.63) is 29.8 Å². The number of aliphatic hydroxyl groups excluding tert-OH is 2. The Morgan fingerprint density at radius 2 is 2.00 bits per heavy atom. The van der Waals surface area contributed by atoms with Gasteiger partial charge in [0.25, 0.3) is 0 Å². The molecule has 4 heteroatoms. The van der Waals surface area contributed by atoms with Crippen molar-refractivity contribution in [2.75, 3.05) is 12.9 Å². The fraction of sp³-hybridized carbons (Fsp3) is 0.400. The minimum atomic E-state index is -0.955. The van der Waals surface area contributed by atoms with E-state index in [4.69, 9.17) is 4.74 Å². The fourth-order valence-electron chi connectivity index (χ4n) is 1.22. The number of methoxy groups -OCH3 is 1. The molecule has 1 rings (SSSR count). The lowest BCUT2D eigenvalue weighted by Crippen LogP contribution is -2.20. The van der Waals surface area contributed by atoms with Gasteiger partial charge in [-0.05, 0) is 6.07 Å². The van der Waals surface area contributed by atoms with Crippen LogP contribution in [-0.2, 0) is 0 Å². The van der Waals surface area contributed by atoms with Gasteiger partial charge in [-0.3, -0.25) is 0 Å². The SMILES string of the molecule is COc1ccccc1C(O)C(O)CS. The number of ether oxygens (including phenoxy) is 1. The lowest BCUT2D eigenvalue weighted by Gasteiger charge is -2.18. The van der Waals surface area contributed by atoms with E-state index in [9.17, 15) is 10.2 Å². The summed E-state index contributed by atoms with van der Waals surface area (Å²) in [5, 5.41) is 19.1. The van der Waals surface area contributed by atoms with Gasteiger partial charge in [0.1, 0.15) is 11.9 Å². The molecule has 0 aliphatic rings. The van der Waals surface area contributed by atoms with E-state index in [-0.39, 0.29) is 5.75 Å². The highest BCUT2D eigenvalue weighted by molar-refractivity contribution is 7.80. The molecule has 0 heterocycles. The monoisotopic (exact) mass is 214 g/mol. The number of hydrogen-bond donors (Lipinski definition) is 3. The lowest BCUT2D eigenvalue weighted by molar-refractivity contribution is 0.0322. The molecule has 0 amide bonds. The van der Waals surface area contributed by atoms with E-state index in [1.54, 1.807) is 18.2 Å². The van der Waals surface area contributed by atoms with Crippen LogP contribution < -0.4 is 4.74 Å². The van der Waals surface area contributed by atoms with Gasteiger partial charge >= 0.3 is 0 Å². The van der Waals surface area contributed by atoms with Crippen molar-refractivity contribution in [3.63, 3.8) is 0 Å². The molecule has 0 spiro atoms. The van der Waals surface area contributed by atoms with Crippen molar-refractivity contribution in [1.29, 1.82) is 0 Å². The lowest BCUT2D eigenvalue weighted by atomic mass is 10.0. The molecule has 2 atom stereocenters. The standard InChI is InChI=1S/C10H14O3S/c1-13-9-5-3-2-4-7(9)10(12)8(11)6-14/h2-5,8,10-12,14H,6H2,1H3. The van der Waals surface area contributed by atoms with Crippen molar-refractivity contribution >= 4 is 12.6 Å². The largest absolute Gasteiger partial charge is 0.496 e. The average Bonchev–Trinajstić information content (AvgIpc) is 2.26. The Balaban J connectivity index is 2.93. The molecule has 78 valence electrons. The summed E-state index contributed by atoms with van der Waals surface area (Å²) in [5.41, 5.74) is 0.580. The fourth-order valence-corrected chi connectivity index (χ4v) is 1.42. The third kappa shape index (κ3) is 2.41. The molecule has 0 fully saturated rings. The van der Waals surface area contributed by atoms with Crippen LogP contribution in [0, 0.1) is 0 Å². The number of rotatable bonds is 4. The van der Waals surface area contributed by atoms with Crippen LogP contribution >= 0.6 is 12.6 Å². The van der Waals surface area contributed by atoms with E-state index in [1.165, 1.54) is 7.11 Å². The number of benzene rings is 1. The second kappa shape index (κ2) is 5.24. The van der Waals surface area contributed by atoms with Crippen molar-refractivity contribution in [2.24, 2.45) is 0 Å². The second-order valence-corrected chi connectivity index (χ2v) is 3.30. The van der Waals surface area contributed by atoms with E-state index in [1.807, 2.05) is 6.07 Å². The van der Waals surface area contributed by atoms with Crippen LogP contribution in [-0.4, -0.2) is 29.2 Å². The first-order chi connectivity index (χ1) is 6.70. The van der Waals surface area contributed by atoms with Gasteiger partial charge in [0.2, 0.25) is 0 Å². The Kier molecular flexibility index (Phi) is 4.25. The van der Waals surface area contributed by atoms with Gasteiger partial charge in [-0.1, -0.05) is 18.2 Å². The first-order valence-electron chi connectivity index (χ1n) is 4.30. The zero-order chi connectivity index (χ0) is 10.6. The highest BCUT2D eigenvalue weighted by Gasteiger charge is 2.19. The summed E-state index contributed by atoms with van der Waals surface area (Å²) in [6, 6.07) is 7.05. The summed E-state index contributed by atoms with van der Waals surface area (Å²) in [7, 11) is 1.53. The maximum absolute atomic E-state index is 9.72. The average molecular weight is 214 g/mol. The van der Waals surface area contributed by atoms with Crippen LogP contribution in [0.4, 0.5) is 0 Å². The summed E-state index contributed by atoms with van der Waals surface area (Å²) in [5.74, 6) is 0.778. The molecule has 0 aliphatic heterocycles. The molecular formula is C10H14O3S. The van der Waals surface area contributed by atoms with E-state index in [0.29, 0.717) is 11.3 Å². The zero-order valence-corrected chi connectivity index (χ0v) is 8.82. The smallest absolute Gasteiger partial charge is 0.124 e. The normalized spacial score (nSPS) is 14.9. The summed E-state index contributed by atoms with van der Waals surface area (Å²) in [6.07, 6.45) is -1.83. The first-order valence-corrected chi connectivity index (χ1v) is 4.94. The van der Waals surface area contributed by atoms with Crippen molar-refractivity contribution < 1.29 is 14.9 Å². The third-order valence-electron chi connectivity index (χ3n) is 2.01. The third-order valence-corrected chi connectivity index (χ3v) is 2.38. The minimum absolute atomic E-state index is 0.208. The van der Waals surface area contributed by atoms with Crippen LogP contribution in [0.15, 0.2) is 24.3 Å². The Morgan fingerprint density at radius 1 is 1.36 bits per heavy atom. The molecule has 1 aromatic rings.